The van der Waals surface area contributed by atoms with E-state index >= 15 is 0 Å². The van der Waals surface area contributed by atoms with Gasteiger partial charge in [0.15, 0.2) is 11.5 Å². The van der Waals surface area contributed by atoms with Crippen molar-refractivity contribution in [1.82, 2.24) is 15.5 Å². The average Bonchev–Trinajstić information content (AvgIpc) is 3.38. The van der Waals surface area contributed by atoms with Gasteiger partial charge in [0.2, 0.25) is 0 Å². The molecular weight excluding hydrogens is 502 g/mol. The van der Waals surface area contributed by atoms with Gasteiger partial charge in [0, 0.05) is 63.8 Å². The van der Waals surface area contributed by atoms with Gasteiger partial charge in [-0.25, -0.2) is 4.79 Å². The van der Waals surface area contributed by atoms with Crippen LogP contribution in [0.2, 0.25) is 0 Å². The first-order valence-corrected chi connectivity index (χ1v) is 13.2. The molecule has 0 bridgehead atoms. The van der Waals surface area contributed by atoms with Crippen molar-refractivity contribution in [3.63, 3.8) is 0 Å². The molecule has 1 heterocycles. The van der Waals surface area contributed by atoms with E-state index < -0.39 is 6.09 Å². The predicted octanol–water partition coefficient (Wildman–Crippen LogP) is 3.48. The second-order valence-electron chi connectivity index (χ2n) is 9.68. The van der Waals surface area contributed by atoms with Crippen LogP contribution in [0.4, 0.5) is 4.79 Å². The van der Waals surface area contributed by atoms with Crippen molar-refractivity contribution in [3.05, 3.63) is 53.6 Å². The number of carbonyl (C=O) groups excluding carboxylic acids is 2. The molecule has 10 nitrogen and oxygen atoms in total. The fourth-order valence-electron chi connectivity index (χ4n) is 4.38. The molecule has 214 valence electrons. The number of ether oxygens (including phenoxy) is 5. The van der Waals surface area contributed by atoms with Crippen molar-refractivity contribution in [2.75, 3.05) is 54.2 Å². The molecule has 2 atom stereocenters. The first-order chi connectivity index (χ1) is 18.9. The molecule has 1 fully saturated rings. The van der Waals surface area contributed by atoms with E-state index in [4.69, 9.17) is 23.7 Å². The molecule has 0 radical (unpaired) electrons. The van der Waals surface area contributed by atoms with E-state index in [1.54, 1.807) is 44.4 Å². The van der Waals surface area contributed by atoms with Crippen molar-refractivity contribution in [2.24, 2.45) is 5.92 Å². The molecule has 0 saturated carbocycles. The van der Waals surface area contributed by atoms with E-state index in [9.17, 15) is 9.59 Å². The quantitative estimate of drug-likeness (QED) is 0.349. The first kappa shape index (κ1) is 30.0. The first-order valence-electron chi connectivity index (χ1n) is 13.2. The zero-order valence-electron chi connectivity index (χ0n) is 23.5. The van der Waals surface area contributed by atoms with Crippen LogP contribution in [0.5, 0.6) is 17.2 Å². The summed E-state index contributed by atoms with van der Waals surface area (Å²) in [5.74, 6) is 1.66. The molecule has 0 aliphatic carbocycles. The van der Waals surface area contributed by atoms with Crippen LogP contribution in [0, 0.1) is 5.92 Å². The topological polar surface area (TPSA) is 108 Å². The summed E-state index contributed by atoms with van der Waals surface area (Å²) in [6, 6.07) is 12.6. The van der Waals surface area contributed by atoms with E-state index in [-0.39, 0.29) is 24.0 Å². The molecule has 2 amide bonds. The summed E-state index contributed by atoms with van der Waals surface area (Å²) in [5, 5.41) is 6.10. The zero-order valence-corrected chi connectivity index (χ0v) is 23.5. The third kappa shape index (κ3) is 8.76. The Balaban J connectivity index is 1.61. The van der Waals surface area contributed by atoms with Crippen molar-refractivity contribution < 1.29 is 33.3 Å². The van der Waals surface area contributed by atoms with Gasteiger partial charge >= 0.3 is 6.09 Å². The van der Waals surface area contributed by atoms with Crippen LogP contribution in [-0.2, 0) is 16.0 Å². The van der Waals surface area contributed by atoms with Gasteiger partial charge in [0.25, 0.3) is 5.91 Å². The largest absolute Gasteiger partial charge is 0.497 e. The monoisotopic (exact) mass is 543 g/mol. The SMILES string of the molecule is COCCCOc1cc(C(=O)N(C[C@H]2CNC[C@H]2OC(=O)NCc2ccc(OC)cc2)C(C)C)ccc1OC. The van der Waals surface area contributed by atoms with E-state index in [0.29, 0.717) is 56.5 Å². The summed E-state index contributed by atoms with van der Waals surface area (Å²) in [6.07, 6.45) is -0.123. The average molecular weight is 544 g/mol. The Hall–Kier alpha value is -3.50. The fraction of sp³-hybridized carbons (Fsp3) is 0.517. The van der Waals surface area contributed by atoms with Gasteiger partial charge in [-0.15, -0.1) is 0 Å². The summed E-state index contributed by atoms with van der Waals surface area (Å²) in [4.78, 5) is 27.9. The maximum absolute atomic E-state index is 13.6. The van der Waals surface area contributed by atoms with Crippen molar-refractivity contribution in [3.8, 4) is 17.2 Å². The highest BCUT2D eigenvalue weighted by molar-refractivity contribution is 5.95. The summed E-state index contributed by atoms with van der Waals surface area (Å²) in [5.41, 5.74) is 1.44. The van der Waals surface area contributed by atoms with Gasteiger partial charge in [0.05, 0.1) is 20.8 Å². The van der Waals surface area contributed by atoms with Gasteiger partial charge in [-0.1, -0.05) is 12.1 Å². The summed E-state index contributed by atoms with van der Waals surface area (Å²) in [6.45, 7) is 6.94. The van der Waals surface area contributed by atoms with E-state index in [2.05, 4.69) is 10.6 Å². The lowest BCUT2D eigenvalue weighted by atomic mass is 10.0. The number of amides is 2. The molecule has 3 rings (SSSR count). The summed E-state index contributed by atoms with van der Waals surface area (Å²) in [7, 11) is 4.82. The van der Waals surface area contributed by atoms with E-state index in [1.165, 1.54) is 0 Å². The highest BCUT2D eigenvalue weighted by Gasteiger charge is 2.34. The number of alkyl carbamates (subject to hydrolysis) is 1. The number of methoxy groups -OCH3 is 3. The van der Waals surface area contributed by atoms with Crippen LogP contribution in [-0.4, -0.2) is 83.2 Å². The molecule has 0 spiro atoms. The number of benzene rings is 2. The summed E-state index contributed by atoms with van der Waals surface area (Å²) >= 11 is 0. The Morgan fingerprint density at radius 3 is 2.44 bits per heavy atom. The van der Waals surface area contributed by atoms with Crippen LogP contribution in [0.1, 0.15) is 36.2 Å². The molecule has 0 unspecified atom stereocenters. The molecule has 2 aromatic carbocycles. The smallest absolute Gasteiger partial charge is 0.407 e. The molecule has 10 heteroatoms. The maximum atomic E-state index is 13.6. The molecule has 1 aliphatic rings. The highest BCUT2D eigenvalue weighted by atomic mass is 16.6. The third-order valence-electron chi connectivity index (χ3n) is 6.61. The number of nitrogens with zero attached hydrogens (tertiary/aromatic N) is 1. The Labute approximate surface area is 230 Å². The minimum Gasteiger partial charge on any atom is -0.497 e. The van der Waals surface area contributed by atoms with E-state index in [1.807, 2.05) is 38.1 Å². The van der Waals surface area contributed by atoms with Gasteiger partial charge in [-0.05, 0) is 49.7 Å². The fourth-order valence-corrected chi connectivity index (χ4v) is 4.38. The van der Waals surface area contributed by atoms with Crippen LogP contribution in [0.3, 0.4) is 0 Å². The Morgan fingerprint density at radius 1 is 1.00 bits per heavy atom. The molecule has 0 aromatic heterocycles. The third-order valence-corrected chi connectivity index (χ3v) is 6.61. The number of hydrogen-bond acceptors (Lipinski definition) is 8. The lowest BCUT2D eigenvalue weighted by Gasteiger charge is -2.31. The number of rotatable bonds is 14. The lowest BCUT2D eigenvalue weighted by Crippen LogP contribution is -2.44. The minimum absolute atomic E-state index is 0.0499. The van der Waals surface area contributed by atoms with Gasteiger partial charge in [-0.3, -0.25) is 4.79 Å². The second-order valence-corrected chi connectivity index (χ2v) is 9.68. The van der Waals surface area contributed by atoms with Crippen LogP contribution in [0.25, 0.3) is 0 Å². The summed E-state index contributed by atoms with van der Waals surface area (Å²) < 4.78 is 27.3. The molecule has 1 aliphatic heterocycles. The second kappa shape index (κ2) is 15.2. The Bertz CT molecular complexity index is 1060. The molecule has 2 N–H and O–H groups in total. The number of carbonyl (C=O) groups is 2. The molecule has 1 saturated heterocycles. The number of hydrogen-bond donors (Lipinski definition) is 2. The zero-order chi connectivity index (χ0) is 28.2. The number of nitrogens with one attached hydrogen (secondary N) is 2. The van der Waals surface area contributed by atoms with Crippen molar-refractivity contribution in [1.29, 1.82) is 0 Å². The van der Waals surface area contributed by atoms with E-state index in [0.717, 1.165) is 17.7 Å². The highest BCUT2D eigenvalue weighted by Crippen LogP contribution is 2.29. The van der Waals surface area contributed by atoms with Crippen LogP contribution >= 0.6 is 0 Å². The maximum Gasteiger partial charge on any atom is 0.407 e. The van der Waals surface area contributed by atoms with Crippen LogP contribution in [0.15, 0.2) is 42.5 Å². The molecule has 2 aromatic rings. The van der Waals surface area contributed by atoms with Crippen molar-refractivity contribution >= 4 is 12.0 Å². The minimum atomic E-state index is -0.489. The van der Waals surface area contributed by atoms with Crippen LogP contribution < -0.4 is 24.8 Å². The normalized spacial score (nSPS) is 16.6. The molecule has 39 heavy (non-hydrogen) atoms. The Kier molecular flexibility index (Phi) is 11.7. The van der Waals surface area contributed by atoms with Gasteiger partial charge < -0.3 is 39.2 Å². The predicted molar refractivity (Wildman–Crippen MR) is 148 cm³/mol. The van der Waals surface area contributed by atoms with Crippen molar-refractivity contribution in [2.45, 2.75) is 39.0 Å². The molecular formula is C29H41N3O7. The Morgan fingerprint density at radius 2 is 1.77 bits per heavy atom. The lowest BCUT2D eigenvalue weighted by molar-refractivity contribution is 0.0521. The standard InChI is InChI=1S/C29H41N3O7/c1-20(2)32(28(33)22-9-12-25(37-5)26(15-22)38-14-6-13-35-3)19-23-17-30-18-27(23)39-29(34)31-16-21-7-10-24(36-4)11-8-21/h7-12,15,20,23,27,30H,6,13-14,16-19H2,1-5H3,(H,31,34)/t23-,27-/m1/s1. The van der Waals surface area contributed by atoms with Gasteiger partial charge in [-0.2, -0.15) is 0 Å². The van der Waals surface area contributed by atoms with Gasteiger partial charge in [0.1, 0.15) is 11.9 Å².